The fourth-order valence-corrected chi connectivity index (χ4v) is 1.00. The summed E-state index contributed by atoms with van der Waals surface area (Å²) in [6.07, 6.45) is 2.62. The second-order valence-electron chi connectivity index (χ2n) is 2.43. The van der Waals surface area contributed by atoms with E-state index in [4.69, 9.17) is 10.2 Å². The molecule has 0 unspecified atom stereocenters. The number of pyridine rings is 2. The molecular weight excluding hydrogens is 156 g/mol. The fraction of sp³-hybridized carbons (Fsp3) is 0. The lowest BCUT2D eigenvalue weighted by Gasteiger charge is -1.96. The van der Waals surface area contributed by atoms with Crippen molar-refractivity contribution < 1.29 is 10.2 Å². The Morgan fingerprint density at radius 2 is 1.42 bits per heavy atom. The summed E-state index contributed by atoms with van der Waals surface area (Å²) in [5, 5.41) is 18.7. The van der Waals surface area contributed by atoms with Gasteiger partial charge in [-0.05, 0) is 12.1 Å². The highest BCUT2D eigenvalue weighted by molar-refractivity contribution is 5.76. The molecule has 0 aliphatic carbocycles. The van der Waals surface area contributed by atoms with E-state index in [9.17, 15) is 0 Å². The first-order chi connectivity index (χ1) is 5.75. The van der Waals surface area contributed by atoms with Crippen molar-refractivity contribution in [1.29, 1.82) is 0 Å². The van der Waals surface area contributed by atoms with E-state index in [2.05, 4.69) is 9.97 Å². The van der Waals surface area contributed by atoms with Gasteiger partial charge in [-0.2, -0.15) is 0 Å². The van der Waals surface area contributed by atoms with Crippen LogP contribution >= 0.6 is 0 Å². The van der Waals surface area contributed by atoms with Crippen LogP contribution in [0.4, 0.5) is 0 Å². The Morgan fingerprint density at radius 3 is 1.92 bits per heavy atom. The van der Waals surface area contributed by atoms with Crippen LogP contribution in [0.5, 0.6) is 11.5 Å². The van der Waals surface area contributed by atoms with Crippen LogP contribution in [0.25, 0.3) is 11.0 Å². The van der Waals surface area contributed by atoms with E-state index in [-0.39, 0.29) is 11.5 Å². The van der Waals surface area contributed by atoms with Crippen LogP contribution < -0.4 is 0 Å². The van der Waals surface area contributed by atoms with Gasteiger partial charge in [0, 0.05) is 5.39 Å². The third-order valence-electron chi connectivity index (χ3n) is 1.50. The van der Waals surface area contributed by atoms with Crippen molar-refractivity contribution in [3.63, 3.8) is 0 Å². The van der Waals surface area contributed by atoms with Gasteiger partial charge in [-0.3, -0.25) is 0 Å². The molecule has 2 aromatic heterocycles. The van der Waals surface area contributed by atoms with Crippen LogP contribution in [-0.2, 0) is 0 Å². The first-order valence-electron chi connectivity index (χ1n) is 3.39. The zero-order valence-electron chi connectivity index (χ0n) is 6.10. The van der Waals surface area contributed by atoms with E-state index in [0.29, 0.717) is 11.0 Å². The van der Waals surface area contributed by atoms with Gasteiger partial charge in [0.15, 0.2) is 5.65 Å². The predicted molar refractivity (Wildman–Crippen MR) is 42.9 cm³/mol. The molecule has 0 saturated carbocycles. The van der Waals surface area contributed by atoms with E-state index >= 15 is 0 Å². The SMILES string of the molecule is Oc1cnc2ncc(O)cc2c1. The van der Waals surface area contributed by atoms with Crippen LogP contribution in [-0.4, -0.2) is 20.2 Å². The molecular formula is C8H6N2O2. The molecule has 2 heterocycles. The zero-order valence-corrected chi connectivity index (χ0v) is 6.10. The Bertz CT molecular complexity index is 392. The van der Waals surface area contributed by atoms with Gasteiger partial charge >= 0.3 is 0 Å². The average Bonchev–Trinajstić information content (AvgIpc) is 2.03. The van der Waals surface area contributed by atoms with E-state index in [1.54, 1.807) is 0 Å². The summed E-state index contributed by atoms with van der Waals surface area (Å²) in [6.45, 7) is 0. The van der Waals surface area contributed by atoms with Crippen molar-refractivity contribution in [2.75, 3.05) is 0 Å². The molecule has 0 saturated heterocycles. The summed E-state index contributed by atoms with van der Waals surface area (Å²) < 4.78 is 0. The summed E-state index contributed by atoms with van der Waals surface area (Å²) in [4.78, 5) is 7.70. The Labute approximate surface area is 68.1 Å². The number of rotatable bonds is 0. The van der Waals surface area contributed by atoms with E-state index in [1.165, 1.54) is 24.5 Å². The summed E-state index contributed by atoms with van der Waals surface area (Å²) in [5.74, 6) is 0.129. The minimum Gasteiger partial charge on any atom is -0.506 e. The van der Waals surface area contributed by atoms with Crippen molar-refractivity contribution in [1.82, 2.24) is 9.97 Å². The number of fused-ring (bicyclic) bond motifs is 1. The van der Waals surface area contributed by atoms with Crippen LogP contribution in [0, 0.1) is 0 Å². The predicted octanol–water partition coefficient (Wildman–Crippen LogP) is 1.04. The Balaban J connectivity index is 2.80. The quantitative estimate of drug-likeness (QED) is 0.607. The van der Waals surface area contributed by atoms with Crippen LogP contribution in [0.15, 0.2) is 24.5 Å². The van der Waals surface area contributed by atoms with E-state index in [1.807, 2.05) is 0 Å². The molecule has 0 radical (unpaired) electrons. The first-order valence-corrected chi connectivity index (χ1v) is 3.39. The van der Waals surface area contributed by atoms with Crippen molar-refractivity contribution in [2.24, 2.45) is 0 Å². The molecule has 60 valence electrons. The lowest BCUT2D eigenvalue weighted by atomic mass is 10.3. The van der Waals surface area contributed by atoms with Gasteiger partial charge in [0.05, 0.1) is 12.4 Å². The van der Waals surface area contributed by atoms with Crippen LogP contribution in [0.1, 0.15) is 0 Å². The third kappa shape index (κ3) is 1.03. The van der Waals surface area contributed by atoms with Crippen molar-refractivity contribution in [3.05, 3.63) is 24.5 Å². The fourth-order valence-electron chi connectivity index (χ4n) is 1.00. The van der Waals surface area contributed by atoms with Gasteiger partial charge in [0.25, 0.3) is 0 Å². The largest absolute Gasteiger partial charge is 0.506 e. The maximum Gasteiger partial charge on any atom is 0.159 e. The van der Waals surface area contributed by atoms with Gasteiger partial charge in [0.1, 0.15) is 11.5 Å². The topological polar surface area (TPSA) is 66.2 Å². The standard InChI is InChI=1S/C8H6N2O2/c11-6-1-5-2-7(12)4-10-8(5)9-3-6/h1-4,11-12H. The molecule has 0 atom stereocenters. The molecule has 2 N–H and O–H groups in total. The molecule has 4 heteroatoms. The third-order valence-corrected chi connectivity index (χ3v) is 1.50. The molecule has 2 rings (SSSR count). The Morgan fingerprint density at radius 1 is 0.917 bits per heavy atom. The first kappa shape index (κ1) is 6.84. The minimum absolute atomic E-state index is 0.0647. The summed E-state index contributed by atoms with van der Waals surface area (Å²) >= 11 is 0. The zero-order chi connectivity index (χ0) is 8.55. The molecule has 0 aromatic carbocycles. The van der Waals surface area contributed by atoms with E-state index < -0.39 is 0 Å². The van der Waals surface area contributed by atoms with E-state index in [0.717, 1.165) is 0 Å². The lowest BCUT2D eigenvalue weighted by Crippen LogP contribution is -1.81. The molecule has 2 aromatic rings. The molecule has 0 spiro atoms. The molecule has 0 aliphatic rings. The number of aromatic nitrogens is 2. The van der Waals surface area contributed by atoms with Crippen LogP contribution in [0.3, 0.4) is 0 Å². The molecule has 0 aliphatic heterocycles. The summed E-state index contributed by atoms with van der Waals surface area (Å²) in [7, 11) is 0. The molecule has 0 fully saturated rings. The van der Waals surface area contributed by atoms with Gasteiger partial charge in [-0.15, -0.1) is 0 Å². The molecule has 12 heavy (non-hydrogen) atoms. The smallest absolute Gasteiger partial charge is 0.159 e. The highest BCUT2D eigenvalue weighted by atomic mass is 16.3. The number of hydrogen-bond donors (Lipinski definition) is 2. The highest BCUT2D eigenvalue weighted by Crippen LogP contribution is 2.18. The highest BCUT2D eigenvalue weighted by Gasteiger charge is 1.98. The van der Waals surface area contributed by atoms with Crippen molar-refractivity contribution in [3.8, 4) is 11.5 Å². The molecule has 0 amide bonds. The van der Waals surface area contributed by atoms with Gasteiger partial charge in [0.2, 0.25) is 0 Å². The molecule has 0 bridgehead atoms. The van der Waals surface area contributed by atoms with Crippen molar-refractivity contribution >= 4 is 11.0 Å². The lowest BCUT2D eigenvalue weighted by molar-refractivity contribution is 0.471. The number of nitrogens with zero attached hydrogens (tertiary/aromatic N) is 2. The average molecular weight is 162 g/mol. The number of aromatic hydroxyl groups is 2. The maximum atomic E-state index is 9.05. The second-order valence-corrected chi connectivity index (χ2v) is 2.43. The number of hydrogen-bond acceptors (Lipinski definition) is 4. The monoisotopic (exact) mass is 162 g/mol. The van der Waals surface area contributed by atoms with Gasteiger partial charge in [-0.1, -0.05) is 0 Å². The Hall–Kier alpha value is -1.84. The normalized spacial score (nSPS) is 10.3. The summed E-state index contributed by atoms with van der Waals surface area (Å²) in [5.41, 5.74) is 0.505. The van der Waals surface area contributed by atoms with Gasteiger partial charge in [-0.25, -0.2) is 9.97 Å². The van der Waals surface area contributed by atoms with Crippen LogP contribution in [0.2, 0.25) is 0 Å². The maximum absolute atomic E-state index is 9.05. The summed E-state index contributed by atoms with van der Waals surface area (Å²) in [6, 6.07) is 2.99. The Kier molecular flexibility index (Phi) is 1.33. The van der Waals surface area contributed by atoms with Gasteiger partial charge < -0.3 is 10.2 Å². The molecule has 4 nitrogen and oxygen atoms in total. The second kappa shape index (κ2) is 2.34. The minimum atomic E-state index is 0.0647. The van der Waals surface area contributed by atoms with Crippen molar-refractivity contribution in [2.45, 2.75) is 0 Å².